The van der Waals surface area contributed by atoms with E-state index in [1.165, 1.54) is 11.4 Å². The third-order valence-electron chi connectivity index (χ3n) is 5.01. The Morgan fingerprint density at radius 3 is 2.19 bits per heavy atom. The number of hydrogen-bond donors (Lipinski definition) is 2. The summed E-state index contributed by atoms with van der Waals surface area (Å²) in [6, 6.07) is 3.47. The minimum absolute atomic E-state index is 0.122. The molecule has 11 heteroatoms. The number of ether oxygens (including phenoxy) is 1. The molecule has 1 fully saturated rings. The number of nitrogens with zero attached hydrogens (tertiary/aromatic N) is 1. The van der Waals surface area contributed by atoms with Gasteiger partial charge in [-0.1, -0.05) is 15.9 Å². The zero-order valence-corrected chi connectivity index (χ0v) is 20.3. The van der Waals surface area contributed by atoms with E-state index in [1.807, 2.05) is 0 Å². The summed E-state index contributed by atoms with van der Waals surface area (Å²) in [5.74, 6) is 0. The fourth-order valence-electron chi connectivity index (χ4n) is 3.17. The third-order valence-corrected chi connectivity index (χ3v) is 7.49. The summed E-state index contributed by atoms with van der Waals surface area (Å²) in [6.45, 7) is 1.61. The van der Waals surface area contributed by atoms with E-state index in [4.69, 9.17) is 9.84 Å². The van der Waals surface area contributed by atoms with Crippen LogP contribution in [0.3, 0.4) is 0 Å². The molecular formula is C20H32BrF3N2O4S. The number of likely N-dealkylation sites (N-methyl/N-ethyl adjacent to an activating group) is 1. The molecule has 1 aliphatic rings. The van der Waals surface area contributed by atoms with Gasteiger partial charge < -0.3 is 15.2 Å². The number of rotatable bonds is 9. The molecule has 1 aromatic carbocycles. The van der Waals surface area contributed by atoms with E-state index in [0.29, 0.717) is 26.0 Å². The van der Waals surface area contributed by atoms with Crippen molar-refractivity contribution >= 4 is 26.0 Å². The van der Waals surface area contributed by atoms with E-state index < -0.39 is 21.8 Å². The third kappa shape index (κ3) is 9.35. The van der Waals surface area contributed by atoms with Crippen molar-refractivity contribution in [2.45, 2.75) is 55.3 Å². The fourth-order valence-corrected chi connectivity index (χ4v) is 4.82. The van der Waals surface area contributed by atoms with E-state index >= 15 is 0 Å². The molecule has 0 unspecified atom stereocenters. The van der Waals surface area contributed by atoms with Crippen LogP contribution in [-0.2, 0) is 20.9 Å². The Morgan fingerprint density at radius 1 is 1.19 bits per heavy atom. The van der Waals surface area contributed by atoms with Crippen molar-refractivity contribution in [3.63, 3.8) is 0 Å². The maximum atomic E-state index is 12.7. The summed E-state index contributed by atoms with van der Waals surface area (Å²) >= 11 is 3.35. The molecule has 6 nitrogen and oxygen atoms in total. The number of halogens is 4. The first kappa shape index (κ1) is 28.3. The van der Waals surface area contributed by atoms with Crippen LogP contribution >= 0.6 is 15.9 Å². The second-order valence-electron chi connectivity index (χ2n) is 7.21. The molecule has 0 saturated heterocycles. The Bertz CT molecular complexity index is 723. The van der Waals surface area contributed by atoms with Gasteiger partial charge in [-0.2, -0.15) is 17.5 Å². The molecule has 0 aliphatic heterocycles. The zero-order valence-electron chi connectivity index (χ0n) is 17.9. The van der Waals surface area contributed by atoms with E-state index in [0.717, 1.165) is 48.9 Å². The predicted molar refractivity (Wildman–Crippen MR) is 118 cm³/mol. The van der Waals surface area contributed by atoms with Gasteiger partial charge in [0.25, 0.3) is 0 Å². The van der Waals surface area contributed by atoms with E-state index in [9.17, 15) is 21.6 Å². The Balaban J connectivity index is 0.000000861. The maximum absolute atomic E-state index is 12.7. The molecule has 0 atom stereocenters. The van der Waals surface area contributed by atoms with Crippen molar-refractivity contribution < 1.29 is 31.4 Å². The topological polar surface area (TPSA) is 78.9 Å². The maximum Gasteiger partial charge on any atom is 0.416 e. The molecule has 0 heterocycles. The van der Waals surface area contributed by atoms with Gasteiger partial charge >= 0.3 is 6.18 Å². The standard InChI is InChI=1S/C17H23BrF3NO3S.C3H9NO/c1-22(14-5-7-15(8-6-14)25-12-2-11-18)26(23,24)16-9-3-13(4-10-16)17(19,20)21;1-4-2-3-5/h3-4,9-10,14-15H,2,5-8,11-12H2,1H3;4-5H,2-3H2,1H3. The van der Waals surface area contributed by atoms with Crippen LogP contribution in [-0.4, -0.2) is 69.2 Å². The fraction of sp³-hybridized carbons (Fsp3) is 0.700. The molecule has 2 rings (SSSR count). The van der Waals surface area contributed by atoms with Crippen LogP contribution in [0.1, 0.15) is 37.7 Å². The first-order valence-corrected chi connectivity index (χ1v) is 12.7. The van der Waals surface area contributed by atoms with Crippen LogP contribution < -0.4 is 5.32 Å². The summed E-state index contributed by atoms with van der Waals surface area (Å²) < 4.78 is 70.3. The van der Waals surface area contributed by atoms with Gasteiger partial charge in [0.1, 0.15) is 0 Å². The van der Waals surface area contributed by atoms with Gasteiger partial charge in [-0.3, -0.25) is 0 Å². The largest absolute Gasteiger partial charge is 0.416 e. The highest BCUT2D eigenvalue weighted by molar-refractivity contribution is 9.09. The van der Waals surface area contributed by atoms with Gasteiger partial charge in [0.15, 0.2) is 0 Å². The lowest BCUT2D eigenvalue weighted by Gasteiger charge is -2.34. The van der Waals surface area contributed by atoms with Crippen molar-refractivity contribution in [3.05, 3.63) is 29.8 Å². The van der Waals surface area contributed by atoms with E-state index in [2.05, 4.69) is 21.2 Å². The minimum Gasteiger partial charge on any atom is -0.395 e. The quantitative estimate of drug-likeness (QED) is 0.375. The number of benzene rings is 1. The van der Waals surface area contributed by atoms with Crippen LogP contribution in [0.2, 0.25) is 0 Å². The van der Waals surface area contributed by atoms with Gasteiger partial charge in [0.05, 0.1) is 23.2 Å². The van der Waals surface area contributed by atoms with Gasteiger partial charge in [0, 0.05) is 31.6 Å². The van der Waals surface area contributed by atoms with Gasteiger partial charge in [-0.15, -0.1) is 0 Å². The lowest BCUT2D eigenvalue weighted by molar-refractivity contribution is -0.137. The number of hydrogen-bond acceptors (Lipinski definition) is 5. The average Bonchev–Trinajstić information content (AvgIpc) is 2.74. The highest BCUT2D eigenvalue weighted by atomic mass is 79.9. The summed E-state index contributed by atoms with van der Waals surface area (Å²) in [5.41, 5.74) is -0.861. The molecule has 0 bridgehead atoms. The first-order valence-electron chi connectivity index (χ1n) is 10.2. The predicted octanol–water partition coefficient (Wildman–Crippen LogP) is 3.64. The summed E-state index contributed by atoms with van der Waals surface area (Å²) in [6.07, 6.45) is -0.499. The monoisotopic (exact) mass is 532 g/mol. The molecule has 0 amide bonds. The van der Waals surface area contributed by atoms with Crippen LogP contribution in [0.5, 0.6) is 0 Å². The number of alkyl halides is 4. The second kappa shape index (κ2) is 13.7. The van der Waals surface area contributed by atoms with Crippen LogP contribution in [0.25, 0.3) is 0 Å². The molecule has 1 aliphatic carbocycles. The van der Waals surface area contributed by atoms with Crippen molar-refractivity contribution in [1.29, 1.82) is 0 Å². The molecule has 1 aromatic rings. The Hall–Kier alpha value is -0.720. The SMILES string of the molecule is CN(C1CCC(OCCCBr)CC1)S(=O)(=O)c1ccc(C(F)(F)F)cc1.CNCCO. The molecular weight excluding hydrogens is 501 g/mol. The zero-order chi connectivity index (χ0) is 23.5. The smallest absolute Gasteiger partial charge is 0.395 e. The Kier molecular flexibility index (Phi) is 12.6. The number of sulfonamides is 1. The van der Waals surface area contributed by atoms with Gasteiger partial charge in [-0.05, 0) is 63.4 Å². The summed E-state index contributed by atoms with van der Waals surface area (Å²) in [7, 11) is -0.529. The van der Waals surface area contributed by atoms with Gasteiger partial charge in [0.2, 0.25) is 10.0 Å². The highest BCUT2D eigenvalue weighted by Crippen LogP contribution is 2.31. The normalized spacial score (nSPS) is 19.7. The molecule has 0 radical (unpaired) electrons. The average molecular weight is 533 g/mol. The lowest BCUT2D eigenvalue weighted by Crippen LogP contribution is -2.40. The molecule has 180 valence electrons. The molecule has 0 spiro atoms. The first-order chi connectivity index (χ1) is 14.6. The van der Waals surface area contributed by atoms with Crippen LogP contribution in [0, 0.1) is 0 Å². The second-order valence-corrected chi connectivity index (χ2v) is 10.0. The van der Waals surface area contributed by atoms with Crippen LogP contribution in [0.15, 0.2) is 29.2 Å². The Morgan fingerprint density at radius 2 is 1.77 bits per heavy atom. The van der Waals surface area contributed by atoms with Crippen molar-refractivity contribution in [2.24, 2.45) is 0 Å². The minimum atomic E-state index is -4.48. The summed E-state index contributed by atoms with van der Waals surface area (Å²) in [5, 5.41) is 11.7. The molecule has 0 aromatic heterocycles. The number of aliphatic hydroxyl groups excluding tert-OH is 1. The van der Waals surface area contributed by atoms with Crippen molar-refractivity contribution in [1.82, 2.24) is 9.62 Å². The van der Waals surface area contributed by atoms with Gasteiger partial charge in [-0.25, -0.2) is 8.42 Å². The van der Waals surface area contributed by atoms with E-state index in [-0.39, 0.29) is 23.6 Å². The van der Waals surface area contributed by atoms with E-state index in [1.54, 1.807) is 7.05 Å². The van der Waals surface area contributed by atoms with Crippen molar-refractivity contribution in [3.8, 4) is 0 Å². The number of nitrogens with one attached hydrogen (secondary N) is 1. The molecule has 1 saturated carbocycles. The summed E-state index contributed by atoms with van der Waals surface area (Å²) in [4.78, 5) is -0.122. The lowest BCUT2D eigenvalue weighted by atomic mass is 9.93. The number of aliphatic hydroxyl groups is 1. The molecule has 31 heavy (non-hydrogen) atoms. The molecule has 2 N–H and O–H groups in total. The Labute approximate surface area is 191 Å². The van der Waals surface area contributed by atoms with Crippen LogP contribution in [0.4, 0.5) is 13.2 Å². The highest BCUT2D eigenvalue weighted by Gasteiger charge is 2.33. The van der Waals surface area contributed by atoms with Crippen molar-refractivity contribution in [2.75, 3.05) is 39.2 Å².